The smallest absolute Gasteiger partial charge is 0.330 e. The zero-order chi connectivity index (χ0) is 14.0. The Bertz CT molecular complexity index is 561. The molecule has 19 heavy (non-hydrogen) atoms. The molecule has 0 aliphatic carbocycles. The van der Waals surface area contributed by atoms with Gasteiger partial charge < -0.3 is 4.74 Å². The van der Waals surface area contributed by atoms with Crippen molar-refractivity contribution < 1.29 is 4.74 Å². The SMILES string of the molecule is CCC1CN(Cc2cc(=O)n(C)c(=O)n2C)CCO1. The number of ether oxygens (including phenoxy) is 1. The third-order valence-corrected chi connectivity index (χ3v) is 3.69. The van der Waals surface area contributed by atoms with E-state index in [-0.39, 0.29) is 17.4 Å². The summed E-state index contributed by atoms with van der Waals surface area (Å²) in [5, 5.41) is 0. The molecule has 0 N–H and O–H groups in total. The molecule has 0 aromatic carbocycles. The molecule has 2 rings (SSSR count). The van der Waals surface area contributed by atoms with Crippen LogP contribution in [0.4, 0.5) is 0 Å². The normalized spacial score (nSPS) is 20.7. The van der Waals surface area contributed by atoms with Crippen molar-refractivity contribution in [1.82, 2.24) is 14.0 Å². The summed E-state index contributed by atoms with van der Waals surface area (Å²) in [6.45, 7) is 5.10. The number of hydrogen-bond donors (Lipinski definition) is 0. The van der Waals surface area contributed by atoms with Crippen molar-refractivity contribution in [3.63, 3.8) is 0 Å². The first-order valence-electron chi connectivity index (χ1n) is 6.62. The van der Waals surface area contributed by atoms with E-state index in [0.29, 0.717) is 13.2 Å². The number of rotatable bonds is 3. The Morgan fingerprint density at radius 1 is 1.32 bits per heavy atom. The van der Waals surface area contributed by atoms with Crippen molar-refractivity contribution in [2.75, 3.05) is 19.7 Å². The summed E-state index contributed by atoms with van der Waals surface area (Å²) >= 11 is 0. The maximum Gasteiger partial charge on any atom is 0.330 e. The summed E-state index contributed by atoms with van der Waals surface area (Å²) in [5.74, 6) is 0. The predicted octanol–water partition coefficient (Wildman–Crippen LogP) is -0.305. The zero-order valence-corrected chi connectivity index (χ0v) is 11.8. The number of aromatic nitrogens is 2. The van der Waals surface area contributed by atoms with Crippen molar-refractivity contribution in [1.29, 1.82) is 0 Å². The Balaban J connectivity index is 2.20. The van der Waals surface area contributed by atoms with Gasteiger partial charge in [-0.2, -0.15) is 0 Å². The number of hydrogen-bond acceptors (Lipinski definition) is 4. The molecule has 106 valence electrons. The molecule has 1 aromatic heterocycles. The third kappa shape index (κ3) is 2.96. The first-order chi connectivity index (χ1) is 9.02. The summed E-state index contributed by atoms with van der Waals surface area (Å²) in [5.41, 5.74) is 0.228. The quantitative estimate of drug-likeness (QED) is 0.754. The molecule has 1 unspecified atom stereocenters. The highest BCUT2D eigenvalue weighted by atomic mass is 16.5. The van der Waals surface area contributed by atoms with Gasteiger partial charge >= 0.3 is 5.69 Å². The van der Waals surface area contributed by atoms with Crippen molar-refractivity contribution >= 4 is 0 Å². The van der Waals surface area contributed by atoms with Gasteiger partial charge in [-0.3, -0.25) is 18.8 Å². The van der Waals surface area contributed by atoms with Gasteiger partial charge in [0.25, 0.3) is 5.56 Å². The summed E-state index contributed by atoms with van der Waals surface area (Å²) in [4.78, 5) is 25.8. The molecule has 6 nitrogen and oxygen atoms in total. The molecule has 0 bridgehead atoms. The first-order valence-corrected chi connectivity index (χ1v) is 6.62. The average Bonchev–Trinajstić information content (AvgIpc) is 2.42. The molecule has 0 saturated carbocycles. The van der Waals surface area contributed by atoms with Crippen LogP contribution in [0.1, 0.15) is 19.0 Å². The van der Waals surface area contributed by atoms with E-state index in [0.717, 1.165) is 29.8 Å². The summed E-state index contributed by atoms with van der Waals surface area (Å²) in [6.07, 6.45) is 1.23. The molecule has 6 heteroatoms. The van der Waals surface area contributed by atoms with Crippen LogP contribution in [0.25, 0.3) is 0 Å². The van der Waals surface area contributed by atoms with E-state index in [2.05, 4.69) is 11.8 Å². The average molecular weight is 267 g/mol. The zero-order valence-electron chi connectivity index (χ0n) is 11.8. The lowest BCUT2D eigenvalue weighted by Crippen LogP contribution is -2.44. The van der Waals surface area contributed by atoms with Gasteiger partial charge in [0.15, 0.2) is 0 Å². The van der Waals surface area contributed by atoms with Crippen LogP contribution in [0.3, 0.4) is 0 Å². The van der Waals surface area contributed by atoms with Gasteiger partial charge in [0.1, 0.15) is 0 Å². The second kappa shape index (κ2) is 5.71. The minimum Gasteiger partial charge on any atom is -0.376 e. The standard InChI is InChI=1S/C13H21N3O3/c1-4-11-9-16(5-6-19-11)8-10-7-12(17)15(3)13(18)14(10)2/h7,11H,4-6,8-9H2,1-3H3. The Kier molecular flexibility index (Phi) is 4.21. The monoisotopic (exact) mass is 267 g/mol. The lowest BCUT2D eigenvalue weighted by atomic mass is 10.2. The van der Waals surface area contributed by atoms with Gasteiger partial charge in [-0.15, -0.1) is 0 Å². The van der Waals surface area contributed by atoms with Crippen LogP contribution < -0.4 is 11.2 Å². The molecule has 1 aromatic rings. The second-order valence-corrected chi connectivity index (χ2v) is 5.01. The first kappa shape index (κ1) is 14.0. The lowest BCUT2D eigenvalue weighted by Gasteiger charge is -2.32. The maximum absolute atomic E-state index is 11.9. The molecule has 0 radical (unpaired) electrons. The molecular weight excluding hydrogens is 246 g/mol. The van der Waals surface area contributed by atoms with Gasteiger partial charge in [-0.25, -0.2) is 4.79 Å². The van der Waals surface area contributed by atoms with Crippen LogP contribution in [0, 0.1) is 0 Å². The van der Waals surface area contributed by atoms with Gasteiger partial charge in [-0.05, 0) is 6.42 Å². The predicted molar refractivity (Wildman–Crippen MR) is 72.2 cm³/mol. The van der Waals surface area contributed by atoms with Crippen LogP contribution in [-0.2, 0) is 25.4 Å². The minimum atomic E-state index is -0.275. The molecular formula is C13H21N3O3. The van der Waals surface area contributed by atoms with E-state index in [1.807, 2.05) is 0 Å². The minimum absolute atomic E-state index is 0.248. The van der Waals surface area contributed by atoms with Crippen molar-refractivity contribution in [3.8, 4) is 0 Å². The van der Waals surface area contributed by atoms with Gasteiger partial charge in [0.05, 0.1) is 12.7 Å². The van der Waals surface area contributed by atoms with E-state index in [9.17, 15) is 9.59 Å². The molecule has 1 saturated heterocycles. The van der Waals surface area contributed by atoms with Crippen molar-refractivity contribution in [2.24, 2.45) is 14.1 Å². The van der Waals surface area contributed by atoms with Crippen LogP contribution in [-0.4, -0.2) is 39.8 Å². The van der Waals surface area contributed by atoms with E-state index >= 15 is 0 Å². The lowest BCUT2D eigenvalue weighted by molar-refractivity contribution is -0.0331. The van der Waals surface area contributed by atoms with Crippen LogP contribution >= 0.6 is 0 Å². The number of nitrogens with zero attached hydrogens (tertiary/aromatic N) is 3. The molecule has 2 heterocycles. The molecule has 0 spiro atoms. The van der Waals surface area contributed by atoms with Gasteiger partial charge in [0.2, 0.25) is 0 Å². The van der Waals surface area contributed by atoms with Crippen LogP contribution in [0.15, 0.2) is 15.7 Å². The Hall–Kier alpha value is -1.40. The van der Waals surface area contributed by atoms with Crippen molar-refractivity contribution in [3.05, 3.63) is 32.6 Å². The van der Waals surface area contributed by atoms with E-state index < -0.39 is 0 Å². The topological polar surface area (TPSA) is 56.5 Å². The fraction of sp³-hybridized carbons (Fsp3) is 0.692. The fourth-order valence-electron chi connectivity index (χ4n) is 2.33. The van der Waals surface area contributed by atoms with Crippen molar-refractivity contribution in [2.45, 2.75) is 26.0 Å². The highest BCUT2D eigenvalue weighted by molar-refractivity contribution is 5.02. The molecule has 1 atom stereocenters. The number of morpholine rings is 1. The maximum atomic E-state index is 11.9. The molecule has 1 fully saturated rings. The summed E-state index contributed by atoms with van der Waals surface area (Å²) in [7, 11) is 3.20. The van der Waals surface area contributed by atoms with E-state index in [1.54, 1.807) is 7.05 Å². The van der Waals surface area contributed by atoms with Gasteiger partial charge in [-0.1, -0.05) is 6.92 Å². The van der Waals surface area contributed by atoms with E-state index in [1.165, 1.54) is 17.7 Å². The summed E-state index contributed by atoms with van der Waals surface area (Å²) in [6, 6.07) is 1.54. The highest BCUT2D eigenvalue weighted by Crippen LogP contribution is 2.10. The highest BCUT2D eigenvalue weighted by Gasteiger charge is 2.20. The Morgan fingerprint density at radius 3 is 2.74 bits per heavy atom. The van der Waals surface area contributed by atoms with Crippen LogP contribution in [0.5, 0.6) is 0 Å². The second-order valence-electron chi connectivity index (χ2n) is 5.01. The molecule has 1 aliphatic heterocycles. The Labute approximate surface area is 112 Å². The third-order valence-electron chi connectivity index (χ3n) is 3.69. The Morgan fingerprint density at radius 2 is 2.05 bits per heavy atom. The fourth-order valence-corrected chi connectivity index (χ4v) is 2.33. The van der Waals surface area contributed by atoms with Crippen LogP contribution in [0.2, 0.25) is 0 Å². The molecule has 0 amide bonds. The largest absolute Gasteiger partial charge is 0.376 e. The van der Waals surface area contributed by atoms with Gasteiger partial charge in [0, 0.05) is 45.5 Å². The summed E-state index contributed by atoms with van der Waals surface area (Å²) < 4.78 is 8.28. The molecule has 1 aliphatic rings. The van der Waals surface area contributed by atoms with E-state index in [4.69, 9.17) is 4.74 Å².